The summed E-state index contributed by atoms with van der Waals surface area (Å²) in [4.78, 5) is 24.3. The first-order valence-electron chi connectivity index (χ1n) is 10.7. The number of amides is 1. The molecular formula is C23H20F3N5O3S. The molecule has 0 aliphatic carbocycles. The number of anilines is 1. The number of ether oxygens (including phenoxy) is 2. The van der Waals surface area contributed by atoms with Crippen LogP contribution in [0, 0.1) is 0 Å². The molecule has 1 aliphatic heterocycles. The van der Waals surface area contributed by atoms with Crippen LogP contribution in [0.2, 0.25) is 0 Å². The van der Waals surface area contributed by atoms with Gasteiger partial charge in [0.2, 0.25) is 0 Å². The van der Waals surface area contributed by atoms with E-state index in [-0.39, 0.29) is 11.7 Å². The van der Waals surface area contributed by atoms with E-state index in [0.29, 0.717) is 47.4 Å². The molecule has 1 aliphatic rings. The zero-order chi connectivity index (χ0) is 24.4. The van der Waals surface area contributed by atoms with Gasteiger partial charge in [-0.15, -0.1) is 24.5 Å². The van der Waals surface area contributed by atoms with Gasteiger partial charge >= 0.3 is 6.36 Å². The van der Waals surface area contributed by atoms with Gasteiger partial charge in [-0.1, -0.05) is 12.1 Å². The van der Waals surface area contributed by atoms with Gasteiger partial charge in [0.1, 0.15) is 11.4 Å². The highest BCUT2D eigenvalue weighted by Gasteiger charge is 2.31. The molecule has 0 atom stereocenters. The van der Waals surface area contributed by atoms with Crippen molar-refractivity contribution in [2.45, 2.75) is 12.9 Å². The molecule has 35 heavy (non-hydrogen) atoms. The third-order valence-corrected chi connectivity index (χ3v) is 6.16. The lowest BCUT2D eigenvalue weighted by atomic mass is 10.1. The minimum atomic E-state index is -4.79. The number of carbonyl (C=O) groups is 1. The Kier molecular flexibility index (Phi) is 6.41. The average Bonchev–Trinajstić information content (AvgIpc) is 3.45. The van der Waals surface area contributed by atoms with Crippen LogP contribution in [0.1, 0.15) is 16.1 Å². The number of alkyl halides is 3. The second-order valence-electron chi connectivity index (χ2n) is 7.84. The first-order valence-corrected chi connectivity index (χ1v) is 11.6. The molecule has 1 N–H and O–H groups in total. The molecule has 0 saturated carbocycles. The Bertz CT molecular complexity index is 1350. The van der Waals surface area contributed by atoms with Gasteiger partial charge in [-0.25, -0.2) is 9.97 Å². The van der Waals surface area contributed by atoms with Crippen molar-refractivity contribution in [3.63, 3.8) is 0 Å². The fraction of sp³-hybridized carbons (Fsp3) is 0.261. The van der Waals surface area contributed by atoms with Crippen LogP contribution in [0.5, 0.6) is 5.75 Å². The van der Waals surface area contributed by atoms with Gasteiger partial charge in [0.15, 0.2) is 5.13 Å². The molecule has 8 nitrogen and oxygen atoms in total. The van der Waals surface area contributed by atoms with Gasteiger partial charge in [0, 0.05) is 43.0 Å². The fourth-order valence-corrected chi connectivity index (χ4v) is 4.47. The van der Waals surface area contributed by atoms with Crippen molar-refractivity contribution in [2.75, 3.05) is 31.6 Å². The summed E-state index contributed by atoms with van der Waals surface area (Å²) in [5.41, 5.74) is 2.38. The Morgan fingerprint density at radius 3 is 2.80 bits per heavy atom. The standard InChI is InChI=1S/C23H20F3N5O3S/c24-23(25,26)34-17-4-1-3-15(11-17)19-13-31-6-2-5-18(20(31)28-19)21(32)29-22-27-16(14-35-22)12-30-7-9-33-10-8-30/h1-6,11,13-14H,7-10,12H2,(H,27,29,32). The maximum Gasteiger partial charge on any atom is 0.573 e. The predicted octanol–water partition coefficient (Wildman–Crippen LogP) is 4.44. The number of fused-ring (bicyclic) bond motifs is 1. The van der Waals surface area contributed by atoms with Gasteiger partial charge < -0.3 is 13.9 Å². The highest BCUT2D eigenvalue weighted by Crippen LogP contribution is 2.28. The lowest BCUT2D eigenvalue weighted by molar-refractivity contribution is -0.274. The summed E-state index contributed by atoms with van der Waals surface area (Å²) >= 11 is 1.34. The summed E-state index contributed by atoms with van der Waals surface area (Å²) in [5, 5.41) is 5.21. The Hall–Kier alpha value is -3.48. The average molecular weight is 504 g/mol. The topological polar surface area (TPSA) is 81.0 Å². The molecule has 182 valence electrons. The van der Waals surface area contributed by atoms with Gasteiger partial charge in [-0.3, -0.25) is 15.0 Å². The van der Waals surface area contributed by atoms with E-state index in [1.165, 1.54) is 29.5 Å². The third kappa shape index (κ3) is 5.61. The number of hydrogen-bond donors (Lipinski definition) is 1. The van der Waals surface area contributed by atoms with Crippen LogP contribution >= 0.6 is 11.3 Å². The zero-order valence-corrected chi connectivity index (χ0v) is 19.1. The molecule has 0 unspecified atom stereocenters. The third-order valence-electron chi connectivity index (χ3n) is 5.35. The maximum atomic E-state index is 13.0. The lowest BCUT2D eigenvalue weighted by Crippen LogP contribution is -2.35. The van der Waals surface area contributed by atoms with Crippen LogP contribution in [0.15, 0.2) is 54.2 Å². The number of aromatic nitrogens is 3. The number of halogens is 3. The number of imidazole rings is 1. The summed E-state index contributed by atoms with van der Waals surface area (Å²) in [7, 11) is 0. The summed E-state index contributed by atoms with van der Waals surface area (Å²) in [6.45, 7) is 3.77. The molecule has 1 aromatic carbocycles. The Morgan fingerprint density at radius 1 is 1.17 bits per heavy atom. The van der Waals surface area contributed by atoms with Crippen molar-refractivity contribution in [3.05, 3.63) is 65.4 Å². The van der Waals surface area contributed by atoms with E-state index in [9.17, 15) is 18.0 Å². The summed E-state index contributed by atoms with van der Waals surface area (Å²) in [5.74, 6) is -0.726. The molecule has 0 radical (unpaired) electrons. The minimum Gasteiger partial charge on any atom is -0.406 e. The molecule has 0 spiro atoms. The molecule has 4 heterocycles. The number of nitrogens with one attached hydrogen (secondary N) is 1. The van der Waals surface area contributed by atoms with E-state index in [1.807, 2.05) is 5.38 Å². The van der Waals surface area contributed by atoms with Crippen LogP contribution in [0.25, 0.3) is 16.9 Å². The van der Waals surface area contributed by atoms with Crippen molar-refractivity contribution in [3.8, 4) is 17.0 Å². The van der Waals surface area contributed by atoms with Crippen LogP contribution in [0.3, 0.4) is 0 Å². The van der Waals surface area contributed by atoms with Crippen molar-refractivity contribution >= 4 is 28.0 Å². The molecule has 1 amide bonds. The van der Waals surface area contributed by atoms with E-state index in [4.69, 9.17) is 4.74 Å². The van der Waals surface area contributed by atoms with Crippen LogP contribution in [-0.4, -0.2) is 57.8 Å². The molecule has 1 fully saturated rings. The quantitative estimate of drug-likeness (QED) is 0.419. The van der Waals surface area contributed by atoms with E-state index < -0.39 is 6.36 Å². The number of thiazole rings is 1. The SMILES string of the molecule is O=C(Nc1nc(CN2CCOCC2)cs1)c1cccn2cc(-c3cccc(OC(F)(F)F)c3)nc12. The normalized spacial score (nSPS) is 14.8. The molecule has 3 aromatic heterocycles. The Balaban J connectivity index is 1.34. The van der Waals surface area contributed by atoms with Crippen LogP contribution in [0.4, 0.5) is 18.3 Å². The molecule has 5 rings (SSSR count). The number of hydrogen-bond acceptors (Lipinski definition) is 7. The molecule has 12 heteroatoms. The Labute approximate surface area is 201 Å². The fourth-order valence-electron chi connectivity index (χ4n) is 3.77. The van der Waals surface area contributed by atoms with E-state index >= 15 is 0 Å². The molecule has 1 saturated heterocycles. The lowest BCUT2D eigenvalue weighted by Gasteiger charge is -2.25. The number of nitrogens with zero attached hydrogens (tertiary/aromatic N) is 4. The molecule has 4 aromatic rings. The van der Waals surface area contributed by atoms with Crippen LogP contribution in [-0.2, 0) is 11.3 Å². The maximum absolute atomic E-state index is 13.0. The van der Waals surface area contributed by atoms with E-state index in [1.54, 1.807) is 35.0 Å². The minimum absolute atomic E-state index is 0.311. The Morgan fingerprint density at radius 2 is 2.00 bits per heavy atom. The van der Waals surface area contributed by atoms with Crippen molar-refractivity contribution < 1.29 is 27.4 Å². The molecule has 0 bridgehead atoms. The summed E-state index contributed by atoms with van der Waals surface area (Å²) < 4.78 is 48.8. The van der Waals surface area contributed by atoms with E-state index in [0.717, 1.165) is 18.8 Å². The van der Waals surface area contributed by atoms with Gasteiger partial charge in [0.25, 0.3) is 5.91 Å². The number of rotatable bonds is 6. The second-order valence-corrected chi connectivity index (χ2v) is 8.70. The highest BCUT2D eigenvalue weighted by atomic mass is 32.1. The summed E-state index contributed by atoms with van der Waals surface area (Å²) in [6.07, 6.45) is -1.44. The van der Waals surface area contributed by atoms with Gasteiger partial charge in [-0.05, 0) is 24.3 Å². The highest BCUT2D eigenvalue weighted by molar-refractivity contribution is 7.14. The van der Waals surface area contributed by atoms with Gasteiger partial charge in [-0.2, -0.15) is 0 Å². The van der Waals surface area contributed by atoms with Crippen molar-refractivity contribution in [2.24, 2.45) is 0 Å². The smallest absolute Gasteiger partial charge is 0.406 e. The number of morpholine rings is 1. The number of pyridine rings is 1. The monoisotopic (exact) mass is 503 g/mol. The van der Waals surface area contributed by atoms with Gasteiger partial charge in [0.05, 0.1) is 30.2 Å². The second kappa shape index (κ2) is 9.64. The summed E-state index contributed by atoms with van der Waals surface area (Å²) in [6, 6.07) is 8.87. The van der Waals surface area contributed by atoms with E-state index in [2.05, 4.69) is 24.9 Å². The van der Waals surface area contributed by atoms with Crippen LogP contribution < -0.4 is 10.1 Å². The molecular weight excluding hydrogens is 483 g/mol. The zero-order valence-electron chi connectivity index (χ0n) is 18.3. The first kappa shape index (κ1) is 23.3. The predicted molar refractivity (Wildman–Crippen MR) is 123 cm³/mol. The number of carbonyl (C=O) groups excluding carboxylic acids is 1. The largest absolute Gasteiger partial charge is 0.573 e. The van der Waals surface area contributed by atoms with Crippen molar-refractivity contribution in [1.82, 2.24) is 19.3 Å². The van der Waals surface area contributed by atoms with Crippen molar-refractivity contribution in [1.29, 1.82) is 0 Å². The first-order chi connectivity index (χ1) is 16.8. The number of benzene rings is 1.